The third-order valence-corrected chi connectivity index (χ3v) is 3.20. The summed E-state index contributed by atoms with van der Waals surface area (Å²) in [7, 11) is 0. The molecule has 20 heavy (non-hydrogen) atoms. The highest BCUT2D eigenvalue weighted by Crippen LogP contribution is 2.23. The number of hydrogen-bond acceptors (Lipinski definition) is 5. The molecule has 1 N–H and O–H groups in total. The minimum absolute atomic E-state index is 0.183. The molecule has 0 unspecified atom stereocenters. The summed E-state index contributed by atoms with van der Waals surface area (Å²) in [5, 5.41) is 17.9. The quantitative estimate of drug-likeness (QED) is 0.645. The number of hydrogen-bond donors (Lipinski definition) is 1. The molecule has 0 aromatic carbocycles. The standard InChI is InChI=1S/C12H14BrN5O2/c1-2-5-14-11-9(4-3-6-15-11)7-17-8-10(13)12(16-17)18(19)20/h3-4,6,8H,2,5,7H2,1H3,(H,14,15). The van der Waals surface area contributed by atoms with Crippen LogP contribution in [0.2, 0.25) is 0 Å². The zero-order chi connectivity index (χ0) is 14.5. The Balaban J connectivity index is 2.21. The molecule has 0 bridgehead atoms. The van der Waals surface area contributed by atoms with E-state index in [1.807, 2.05) is 12.1 Å². The van der Waals surface area contributed by atoms with E-state index in [0.717, 1.165) is 24.3 Å². The number of nitrogens with zero attached hydrogens (tertiary/aromatic N) is 4. The third-order valence-electron chi connectivity index (χ3n) is 2.64. The van der Waals surface area contributed by atoms with Crippen LogP contribution in [0.3, 0.4) is 0 Å². The predicted molar refractivity (Wildman–Crippen MR) is 78.7 cm³/mol. The lowest BCUT2D eigenvalue weighted by Crippen LogP contribution is -2.08. The summed E-state index contributed by atoms with van der Waals surface area (Å²) in [4.78, 5) is 14.5. The van der Waals surface area contributed by atoms with E-state index in [9.17, 15) is 10.1 Å². The van der Waals surface area contributed by atoms with E-state index < -0.39 is 4.92 Å². The zero-order valence-electron chi connectivity index (χ0n) is 10.9. The Labute approximate surface area is 124 Å². The highest BCUT2D eigenvalue weighted by atomic mass is 79.9. The first kappa shape index (κ1) is 14.4. The van der Waals surface area contributed by atoms with Gasteiger partial charge in [0, 0.05) is 18.3 Å². The van der Waals surface area contributed by atoms with Crippen molar-refractivity contribution < 1.29 is 4.92 Å². The first-order valence-electron chi connectivity index (χ1n) is 6.17. The van der Waals surface area contributed by atoms with Crippen LogP contribution in [0.15, 0.2) is 29.0 Å². The molecule has 0 spiro atoms. The van der Waals surface area contributed by atoms with Crippen molar-refractivity contribution >= 4 is 27.6 Å². The van der Waals surface area contributed by atoms with E-state index in [2.05, 4.69) is 38.3 Å². The molecular weight excluding hydrogens is 326 g/mol. The van der Waals surface area contributed by atoms with Crippen molar-refractivity contribution in [1.29, 1.82) is 0 Å². The molecule has 0 saturated heterocycles. The number of halogens is 1. The Morgan fingerprint density at radius 3 is 3.00 bits per heavy atom. The summed E-state index contributed by atoms with van der Waals surface area (Å²) in [6.07, 6.45) is 4.30. The van der Waals surface area contributed by atoms with Gasteiger partial charge in [0.15, 0.2) is 0 Å². The number of anilines is 1. The van der Waals surface area contributed by atoms with Gasteiger partial charge in [-0.1, -0.05) is 13.0 Å². The number of aromatic nitrogens is 3. The molecule has 0 atom stereocenters. The van der Waals surface area contributed by atoms with Crippen LogP contribution in [-0.2, 0) is 6.54 Å². The fourth-order valence-corrected chi connectivity index (χ4v) is 2.20. The van der Waals surface area contributed by atoms with E-state index in [1.165, 1.54) is 4.68 Å². The van der Waals surface area contributed by atoms with Gasteiger partial charge in [0.25, 0.3) is 0 Å². The first-order chi connectivity index (χ1) is 9.61. The fraction of sp³-hybridized carbons (Fsp3) is 0.333. The van der Waals surface area contributed by atoms with Gasteiger partial charge in [0.05, 0.1) is 17.8 Å². The maximum atomic E-state index is 10.8. The largest absolute Gasteiger partial charge is 0.404 e. The van der Waals surface area contributed by atoms with Crippen LogP contribution < -0.4 is 5.32 Å². The van der Waals surface area contributed by atoms with Gasteiger partial charge in [-0.2, -0.15) is 4.68 Å². The molecular formula is C12H14BrN5O2. The summed E-state index contributed by atoms with van der Waals surface area (Å²) in [6, 6.07) is 3.76. The SMILES string of the molecule is CCCNc1ncccc1Cn1cc(Br)c([N+](=O)[O-])n1. The number of nitrogens with one attached hydrogen (secondary N) is 1. The summed E-state index contributed by atoms with van der Waals surface area (Å²) < 4.78 is 1.89. The lowest BCUT2D eigenvalue weighted by molar-refractivity contribution is -0.390. The molecule has 0 radical (unpaired) electrons. The Morgan fingerprint density at radius 2 is 2.35 bits per heavy atom. The summed E-state index contributed by atoms with van der Waals surface area (Å²) >= 11 is 3.14. The minimum atomic E-state index is -0.514. The molecule has 2 aromatic heterocycles. The van der Waals surface area contributed by atoms with Gasteiger partial charge < -0.3 is 15.4 Å². The average Bonchev–Trinajstić information content (AvgIpc) is 2.79. The number of pyridine rings is 1. The first-order valence-corrected chi connectivity index (χ1v) is 6.96. The molecule has 7 nitrogen and oxygen atoms in total. The Bertz CT molecular complexity index is 614. The van der Waals surface area contributed by atoms with Gasteiger partial charge >= 0.3 is 5.82 Å². The van der Waals surface area contributed by atoms with Crippen LogP contribution in [0.25, 0.3) is 0 Å². The maximum absolute atomic E-state index is 10.8. The van der Waals surface area contributed by atoms with Crippen molar-refractivity contribution in [2.45, 2.75) is 19.9 Å². The number of nitro groups is 1. The van der Waals surface area contributed by atoms with Crippen molar-refractivity contribution in [3.8, 4) is 0 Å². The van der Waals surface area contributed by atoms with Gasteiger partial charge in [-0.05, 0) is 33.3 Å². The van der Waals surface area contributed by atoms with Gasteiger partial charge in [0.1, 0.15) is 10.3 Å². The van der Waals surface area contributed by atoms with Crippen molar-refractivity contribution in [2.75, 3.05) is 11.9 Å². The average molecular weight is 340 g/mol. The molecule has 0 saturated carbocycles. The fourth-order valence-electron chi connectivity index (χ4n) is 1.73. The minimum Gasteiger partial charge on any atom is -0.370 e. The molecule has 2 heterocycles. The molecule has 106 valence electrons. The second-order valence-corrected chi connectivity index (χ2v) is 5.05. The van der Waals surface area contributed by atoms with E-state index in [4.69, 9.17) is 0 Å². The predicted octanol–water partition coefficient (Wildman–Crippen LogP) is 2.82. The molecule has 8 heteroatoms. The van der Waals surface area contributed by atoms with E-state index in [0.29, 0.717) is 11.0 Å². The lowest BCUT2D eigenvalue weighted by atomic mass is 10.2. The summed E-state index contributed by atoms with van der Waals surface area (Å²) in [6.45, 7) is 3.32. The van der Waals surface area contributed by atoms with Crippen molar-refractivity contribution in [2.24, 2.45) is 0 Å². The van der Waals surface area contributed by atoms with Gasteiger partial charge in [-0.3, -0.25) is 0 Å². The monoisotopic (exact) mass is 339 g/mol. The molecule has 0 aliphatic heterocycles. The Kier molecular flexibility index (Phi) is 4.67. The maximum Gasteiger partial charge on any atom is 0.404 e. The third kappa shape index (κ3) is 3.32. The van der Waals surface area contributed by atoms with Crippen molar-refractivity contribution in [1.82, 2.24) is 14.8 Å². The highest BCUT2D eigenvalue weighted by molar-refractivity contribution is 9.10. The molecule has 2 rings (SSSR count). The molecule has 0 amide bonds. The Morgan fingerprint density at radius 1 is 1.55 bits per heavy atom. The van der Waals surface area contributed by atoms with Crippen molar-refractivity contribution in [3.63, 3.8) is 0 Å². The number of rotatable bonds is 6. The van der Waals surface area contributed by atoms with Crippen LogP contribution in [0.4, 0.5) is 11.6 Å². The summed E-state index contributed by atoms with van der Waals surface area (Å²) in [5.74, 6) is 0.598. The molecule has 2 aromatic rings. The van der Waals surface area contributed by atoms with E-state index in [-0.39, 0.29) is 5.82 Å². The normalized spacial score (nSPS) is 10.5. The van der Waals surface area contributed by atoms with Gasteiger partial charge in [-0.25, -0.2) is 4.98 Å². The lowest BCUT2D eigenvalue weighted by Gasteiger charge is -2.08. The van der Waals surface area contributed by atoms with Crippen LogP contribution in [-0.4, -0.2) is 26.2 Å². The highest BCUT2D eigenvalue weighted by Gasteiger charge is 2.19. The topological polar surface area (TPSA) is 85.9 Å². The zero-order valence-corrected chi connectivity index (χ0v) is 12.5. The molecule has 0 fully saturated rings. The van der Waals surface area contributed by atoms with Crippen LogP contribution >= 0.6 is 15.9 Å². The molecule has 0 aliphatic rings. The Hall–Kier alpha value is -1.96. The van der Waals surface area contributed by atoms with Crippen LogP contribution in [0, 0.1) is 10.1 Å². The van der Waals surface area contributed by atoms with Gasteiger partial charge in [0.2, 0.25) is 0 Å². The molecule has 0 aliphatic carbocycles. The van der Waals surface area contributed by atoms with E-state index >= 15 is 0 Å². The summed E-state index contributed by atoms with van der Waals surface area (Å²) in [5.41, 5.74) is 0.936. The van der Waals surface area contributed by atoms with Gasteiger partial charge in [-0.15, -0.1) is 0 Å². The second-order valence-electron chi connectivity index (χ2n) is 4.19. The van der Waals surface area contributed by atoms with Crippen molar-refractivity contribution in [3.05, 3.63) is 44.7 Å². The van der Waals surface area contributed by atoms with Crippen LogP contribution in [0.5, 0.6) is 0 Å². The van der Waals surface area contributed by atoms with E-state index in [1.54, 1.807) is 12.4 Å². The smallest absolute Gasteiger partial charge is 0.370 e. The van der Waals surface area contributed by atoms with Crippen LogP contribution in [0.1, 0.15) is 18.9 Å². The second kappa shape index (κ2) is 6.47.